The monoisotopic (exact) mass is 438 g/mol. The van der Waals surface area contributed by atoms with Gasteiger partial charge < -0.3 is 25.0 Å². The molecular formula is C23H23FN4O4. The summed E-state index contributed by atoms with van der Waals surface area (Å²) in [5.74, 6) is -0.738. The number of rotatable bonds is 6. The van der Waals surface area contributed by atoms with Crippen LogP contribution in [0.3, 0.4) is 0 Å². The Hall–Kier alpha value is -3.56. The summed E-state index contributed by atoms with van der Waals surface area (Å²) in [5, 5.41) is 12.4. The first-order chi connectivity index (χ1) is 15.6. The van der Waals surface area contributed by atoms with Gasteiger partial charge in [-0.3, -0.25) is 9.59 Å². The van der Waals surface area contributed by atoms with E-state index in [1.165, 1.54) is 12.1 Å². The van der Waals surface area contributed by atoms with Crippen LogP contribution in [0.2, 0.25) is 0 Å². The molecule has 1 saturated heterocycles. The molecule has 8 nitrogen and oxygen atoms in total. The molecule has 32 heavy (non-hydrogen) atoms. The lowest BCUT2D eigenvalue weighted by molar-refractivity contribution is 0.0942. The molecule has 1 amide bonds. The number of nitrogens with one attached hydrogen (secondary N) is 2. The number of para-hydroxylation sites is 1. The van der Waals surface area contributed by atoms with Gasteiger partial charge in [0, 0.05) is 30.9 Å². The number of carbonyl (C=O) groups excluding carboxylic acids is 1. The summed E-state index contributed by atoms with van der Waals surface area (Å²) in [5.41, 5.74) is 1.38. The van der Waals surface area contributed by atoms with Crippen LogP contribution in [0.4, 0.5) is 10.1 Å². The molecule has 4 rings (SSSR count). The highest BCUT2D eigenvalue weighted by atomic mass is 19.1. The second-order valence-electron chi connectivity index (χ2n) is 7.33. The molecule has 1 fully saturated rings. The number of anilines is 1. The molecule has 3 aromatic rings. The van der Waals surface area contributed by atoms with E-state index in [0.29, 0.717) is 37.4 Å². The van der Waals surface area contributed by atoms with Gasteiger partial charge in [-0.05, 0) is 29.8 Å². The maximum Gasteiger partial charge on any atom is 0.270 e. The third-order valence-electron chi connectivity index (χ3n) is 5.27. The van der Waals surface area contributed by atoms with E-state index in [9.17, 15) is 19.1 Å². The van der Waals surface area contributed by atoms with E-state index in [1.54, 1.807) is 12.1 Å². The molecule has 0 aliphatic carbocycles. The van der Waals surface area contributed by atoms with Gasteiger partial charge in [-0.15, -0.1) is 0 Å². The van der Waals surface area contributed by atoms with Crippen LogP contribution >= 0.6 is 0 Å². The fourth-order valence-corrected chi connectivity index (χ4v) is 3.58. The van der Waals surface area contributed by atoms with Gasteiger partial charge in [0.15, 0.2) is 0 Å². The Bertz CT molecular complexity index is 1160. The number of ether oxygens (including phenoxy) is 1. The van der Waals surface area contributed by atoms with Crippen molar-refractivity contribution in [2.75, 3.05) is 31.2 Å². The van der Waals surface area contributed by atoms with E-state index in [1.807, 2.05) is 24.3 Å². The molecule has 0 atom stereocenters. The summed E-state index contributed by atoms with van der Waals surface area (Å²) in [6.07, 6.45) is 0. The number of hydrogen-bond acceptors (Lipinski definition) is 6. The summed E-state index contributed by atoms with van der Waals surface area (Å²) >= 11 is 0. The van der Waals surface area contributed by atoms with Crippen LogP contribution in [-0.4, -0.2) is 47.3 Å². The van der Waals surface area contributed by atoms with Crippen molar-refractivity contribution in [2.24, 2.45) is 0 Å². The fraction of sp³-hybridized carbons (Fsp3) is 0.261. The van der Waals surface area contributed by atoms with Crippen molar-refractivity contribution >= 4 is 11.6 Å². The highest BCUT2D eigenvalue weighted by Crippen LogP contribution is 2.29. The van der Waals surface area contributed by atoms with Crippen molar-refractivity contribution in [2.45, 2.75) is 13.2 Å². The molecule has 166 valence electrons. The second kappa shape index (κ2) is 9.71. The number of halogens is 1. The second-order valence-corrected chi connectivity index (χ2v) is 7.33. The number of H-pyrrole nitrogens is 1. The van der Waals surface area contributed by atoms with Crippen molar-refractivity contribution in [3.05, 3.63) is 81.5 Å². The van der Waals surface area contributed by atoms with Gasteiger partial charge in [-0.2, -0.15) is 0 Å². The topological polar surface area (TPSA) is 108 Å². The Morgan fingerprint density at radius 1 is 1.16 bits per heavy atom. The number of aromatic amines is 1. The van der Waals surface area contributed by atoms with E-state index in [-0.39, 0.29) is 29.4 Å². The van der Waals surface area contributed by atoms with Gasteiger partial charge in [-0.1, -0.05) is 24.3 Å². The van der Waals surface area contributed by atoms with E-state index in [0.717, 1.165) is 5.69 Å². The van der Waals surface area contributed by atoms with Crippen LogP contribution in [0.15, 0.2) is 53.3 Å². The van der Waals surface area contributed by atoms with Crippen LogP contribution < -0.4 is 15.8 Å². The third-order valence-corrected chi connectivity index (χ3v) is 5.27. The Labute approximate surface area is 183 Å². The van der Waals surface area contributed by atoms with Crippen molar-refractivity contribution in [1.29, 1.82) is 0 Å². The molecule has 1 aliphatic rings. The summed E-state index contributed by atoms with van der Waals surface area (Å²) < 4.78 is 18.5. The molecule has 0 radical (unpaired) electrons. The van der Waals surface area contributed by atoms with Crippen molar-refractivity contribution in [3.8, 4) is 11.4 Å². The number of carbonyl (C=O) groups is 1. The SMILES string of the molecule is O=C(NCc1ccc(F)cc1)c1nc(-c2ccccc2N2CCOCC2)[nH]c(=O)c1CO. The van der Waals surface area contributed by atoms with E-state index < -0.39 is 18.1 Å². The fourth-order valence-electron chi connectivity index (χ4n) is 3.58. The van der Waals surface area contributed by atoms with Crippen molar-refractivity contribution in [1.82, 2.24) is 15.3 Å². The summed E-state index contributed by atoms with van der Waals surface area (Å²) in [6.45, 7) is 2.07. The van der Waals surface area contributed by atoms with Gasteiger partial charge >= 0.3 is 0 Å². The highest BCUT2D eigenvalue weighted by molar-refractivity contribution is 5.94. The lowest BCUT2D eigenvalue weighted by Crippen LogP contribution is -2.36. The van der Waals surface area contributed by atoms with Crippen LogP contribution in [-0.2, 0) is 17.9 Å². The zero-order valence-electron chi connectivity index (χ0n) is 17.3. The summed E-state index contributed by atoms with van der Waals surface area (Å²) in [6, 6.07) is 13.2. The average molecular weight is 438 g/mol. The maximum atomic E-state index is 13.1. The first kappa shape index (κ1) is 21.7. The Morgan fingerprint density at radius 2 is 1.88 bits per heavy atom. The number of morpholine rings is 1. The predicted molar refractivity (Wildman–Crippen MR) is 117 cm³/mol. The van der Waals surface area contributed by atoms with Gasteiger partial charge in [0.05, 0.1) is 25.4 Å². The molecule has 1 aliphatic heterocycles. The number of benzene rings is 2. The summed E-state index contributed by atoms with van der Waals surface area (Å²) in [4.78, 5) is 34.7. The number of amides is 1. The molecule has 0 bridgehead atoms. The number of aliphatic hydroxyl groups excluding tert-OH is 1. The van der Waals surface area contributed by atoms with Gasteiger partial charge in [0.1, 0.15) is 17.3 Å². The van der Waals surface area contributed by atoms with Gasteiger partial charge in [0.2, 0.25) is 0 Å². The van der Waals surface area contributed by atoms with Crippen LogP contribution in [0.5, 0.6) is 0 Å². The van der Waals surface area contributed by atoms with E-state index in [2.05, 4.69) is 20.2 Å². The molecule has 2 aromatic carbocycles. The Morgan fingerprint density at radius 3 is 2.59 bits per heavy atom. The molecule has 1 aromatic heterocycles. The molecule has 0 unspecified atom stereocenters. The molecule has 0 saturated carbocycles. The zero-order valence-corrected chi connectivity index (χ0v) is 17.3. The van der Waals surface area contributed by atoms with Crippen LogP contribution in [0, 0.1) is 5.82 Å². The minimum Gasteiger partial charge on any atom is -0.391 e. The number of nitrogens with zero attached hydrogens (tertiary/aromatic N) is 2. The highest BCUT2D eigenvalue weighted by Gasteiger charge is 2.21. The van der Waals surface area contributed by atoms with Gasteiger partial charge in [-0.25, -0.2) is 9.37 Å². The van der Waals surface area contributed by atoms with Gasteiger partial charge in [0.25, 0.3) is 11.5 Å². The third kappa shape index (κ3) is 4.68. The van der Waals surface area contributed by atoms with Crippen LogP contribution in [0.25, 0.3) is 11.4 Å². The molecule has 9 heteroatoms. The number of hydrogen-bond donors (Lipinski definition) is 3. The smallest absolute Gasteiger partial charge is 0.270 e. The average Bonchev–Trinajstić information content (AvgIpc) is 2.83. The van der Waals surface area contributed by atoms with Crippen molar-refractivity contribution in [3.63, 3.8) is 0 Å². The first-order valence-electron chi connectivity index (χ1n) is 10.3. The Kier molecular flexibility index (Phi) is 6.58. The summed E-state index contributed by atoms with van der Waals surface area (Å²) in [7, 11) is 0. The maximum absolute atomic E-state index is 13.1. The predicted octanol–water partition coefficient (Wildman–Crippen LogP) is 1.83. The first-order valence-corrected chi connectivity index (χ1v) is 10.3. The minimum atomic E-state index is -0.632. The van der Waals surface area contributed by atoms with Crippen LogP contribution in [0.1, 0.15) is 21.6 Å². The molecule has 0 spiro atoms. The lowest BCUT2D eigenvalue weighted by Gasteiger charge is -2.30. The molecular weight excluding hydrogens is 415 g/mol. The lowest BCUT2D eigenvalue weighted by atomic mass is 10.1. The standard InChI is InChI=1S/C23H23FN4O4/c24-16-7-5-15(6-8-16)13-25-23(31)20-18(14-29)22(30)27-21(26-20)17-3-1-2-4-19(17)28-9-11-32-12-10-28/h1-8,29H,9-14H2,(H,25,31)(H,26,27,30). The number of aromatic nitrogens is 2. The van der Waals surface area contributed by atoms with E-state index in [4.69, 9.17) is 4.74 Å². The molecule has 3 N–H and O–H groups in total. The molecule has 2 heterocycles. The largest absolute Gasteiger partial charge is 0.391 e. The quantitative estimate of drug-likeness (QED) is 0.542. The Balaban J connectivity index is 1.66. The van der Waals surface area contributed by atoms with Crippen molar-refractivity contribution < 1.29 is 19.0 Å². The zero-order chi connectivity index (χ0) is 22.5. The van der Waals surface area contributed by atoms with E-state index >= 15 is 0 Å². The number of aliphatic hydroxyl groups is 1. The normalized spacial score (nSPS) is 13.8. The minimum absolute atomic E-state index is 0.116.